The van der Waals surface area contributed by atoms with E-state index in [1.165, 1.54) is 19.3 Å². The van der Waals surface area contributed by atoms with E-state index in [4.69, 9.17) is 10.5 Å². The van der Waals surface area contributed by atoms with Crippen molar-refractivity contribution in [1.82, 2.24) is 4.98 Å². The molecule has 1 aromatic rings. The van der Waals surface area contributed by atoms with Crippen molar-refractivity contribution in [2.45, 2.75) is 33.1 Å². The molecule has 4 heteroatoms. The lowest BCUT2D eigenvalue weighted by molar-refractivity contribution is 0.325. The Hall–Kier alpha value is -1.45. The van der Waals surface area contributed by atoms with Crippen molar-refractivity contribution in [3.63, 3.8) is 0 Å². The van der Waals surface area contributed by atoms with Gasteiger partial charge in [-0.05, 0) is 36.8 Å². The van der Waals surface area contributed by atoms with E-state index in [1.54, 1.807) is 7.11 Å². The van der Waals surface area contributed by atoms with Crippen LogP contribution in [-0.4, -0.2) is 25.2 Å². The third-order valence-electron chi connectivity index (χ3n) is 3.73. The monoisotopic (exact) mass is 249 g/mol. The van der Waals surface area contributed by atoms with Crippen molar-refractivity contribution >= 4 is 11.5 Å². The summed E-state index contributed by atoms with van der Waals surface area (Å²) in [5.74, 6) is 1.50. The first-order valence-electron chi connectivity index (χ1n) is 6.57. The van der Waals surface area contributed by atoms with Gasteiger partial charge in [0, 0.05) is 13.1 Å². The normalized spacial score (nSPS) is 19.4. The van der Waals surface area contributed by atoms with Crippen LogP contribution >= 0.6 is 0 Å². The Morgan fingerprint density at radius 3 is 2.78 bits per heavy atom. The van der Waals surface area contributed by atoms with Gasteiger partial charge in [-0.3, -0.25) is 0 Å². The molecule has 2 rings (SSSR count). The van der Waals surface area contributed by atoms with Crippen LogP contribution in [0, 0.1) is 5.41 Å². The molecule has 2 N–H and O–H groups in total. The first kappa shape index (κ1) is 13.0. The topological polar surface area (TPSA) is 51.4 Å². The molecule has 1 aliphatic heterocycles. The Morgan fingerprint density at radius 1 is 1.28 bits per heavy atom. The first-order valence-corrected chi connectivity index (χ1v) is 6.57. The van der Waals surface area contributed by atoms with Crippen LogP contribution < -0.4 is 15.4 Å². The second kappa shape index (κ2) is 5.04. The molecule has 4 nitrogen and oxygen atoms in total. The maximum atomic E-state index is 5.80. The lowest BCUT2D eigenvalue weighted by Crippen LogP contribution is -2.26. The van der Waals surface area contributed by atoms with Gasteiger partial charge in [-0.1, -0.05) is 13.8 Å². The van der Waals surface area contributed by atoms with Gasteiger partial charge in [0.2, 0.25) is 5.88 Å². The molecule has 1 aliphatic rings. The van der Waals surface area contributed by atoms with Crippen molar-refractivity contribution in [3.8, 4) is 5.88 Å². The molecular weight excluding hydrogens is 226 g/mol. The smallest absolute Gasteiger partial charge is 0.238 e. The molecule has 0 unspecified atom stereocenters. The highest BCUT2D eigenvalue weighted by atomic mass is 16.5. The van der Waals surface area contributed by atoms with Gasteiger partial charge in [0.25, 0.3) is 0 Å². The largest absolute Gasteiger partial charge is 0.479 e. The molecule has 0 bridgehead atoms. The average molecular weight is 249 g/mol. The molecule has 0 amide bonds. The zero-order valence-corrected chi connectivity index (χ0v) is 11.6. The van der Waals surface area contributed by atoms with Gasteiger partial charge in [0.1, 0.15) is 5.82 Å². The van der Waals surface area contributed by atoms with Crippen LogP contribution in [0.25, 0.3) is 0 Å². The van der Waals surface area contributed by atoms with Gasteiger partial charge in [-0.2, -0.15) is 4.98 Å². The maximum absolute atomic E-state index is 5.80. The molecule has 0 saturated carbocycles. The quantitative estimate of drug-likeness (QED) is 0.875. The number of hydrogen-bond acceptors (Lipinski definition) is 4. The van der Waals surface area contributed by atoms with E-state index in [0.717, 1.165) is 18.9 Å². The summed E-state index contributed by atoms with van der Waals surface area (Å²) in [6, 6.07) is 3.85. The van der Waals surface area contributed by atoms with Crippen molar-refractivity contribution in [2.75, 3.05) is 30.8 Å². The van der Waals surface area contributed by atoms with E-state index >= 15 is 0 Å². The second-order valence-electron chi connectivity index (χ2n) is 5.77. The van der Waals surface area contributed by atoms with Crippen LogP contribution in [0.5, 0.6) is 5.88 Å². The summed E-state index contributed by atoms with van der Waals surface area (Å²) >= 11 is 0. The highest BCUT2D eigenvalue weighted by molar-refractivity contribution is 5.54. The number of hydrogen-bond donors (Lipinski definition) is 1. The molecule has 0 radical (unpaired) electrons. The predicted octanol–water partition coefficient (Wildman–Crippen LogP) is 2.69. The predicted molar refractivity (Wildman–Crippen MR) is 75.0 cm³/mol. The number of ether oxygens (including phenoxy) is 1. The number of nitrogen functional groups attached to an aromatic ring is 1. The Morgan fingerprint density at radius 2 is 2.06 bits per heavy atom. The van der Waals surface area contributed by atoms with E-state index in [9.17, 15) is 0 Å². The SMILES string of the molecule is COc1nc(N2CCCC(C)(C)CC2)ccc1N. The van der Waals surface area contributed by atoms with E-state index < -0.39 is 0 Å². The number of rotatable bonds is 2. The summed E-state index contributed by atoms with van der Waals surface area (Å²) in [7, 11) is 1.61. The molecule has 1 fully saturated rings. The fraction of sp³-hybridized carbons (Fsp3) is 0.643. The number of anilines is 2. The number of aromatic nitrogens is 1. The van der Waals surface area contributed by atoms with E-state index in [-0.39, 0.29) is 0 Å². The molecular formula is C14H23N3O. The Bertz CT molecular complexity index is 418. The summed E-state index contributed by atoms with van der Waals surface area (Å²) in [5, 5.41) is 0. The molecule has 0 aliphatic carbocycles. The number of methoxy groups -OCH3 is 1. The number of nitrogens with zero attached hydrogens (tertiary/aromatic N) is 2. The van der Waals surface area contributed by atoms with Gasteiger partial charge in [0.05, 0.1) is 12.8 Å². The van der Waals surface area contributed by atoms with E-state index in [2.05, 4.69) is 23.7 Å². The number of pyridine rings is 1. The Kier molecular flexibility index (Phi) is 3.64. The average Bonchev–Trinajstić information content (AvgIpc) is 2.51. The van der Waals surface area contributed by atoms with Crippen LogP contribution in [0.1, 0.15) is 33.1 Å². The van der Waals surface area contributed by atoms with Crippen LogP contribution in [0.2, 0.25) is 0 Å². The van der Waals surface area contributed by atoms with Gasteiger partial charge in [-0.25, -0.2) is 0 Å². The Balaban J connectivity index is 2.16. The highest BCUT2D eigenvalue weighted by Gasteiger charge is 2.23. The molecule has 0 aromatic carbocycles. The summed E-state index contributed by atoms with van der Waals surface area (Å²) in [6.07, 6.45) is 3.68. The maximum Gasteiger partial charge on any atom is 0.238 e. The van der Waals surface area contributed by atoms with Crippen molar-refractivity contribution in [2.24, 2.45) is 5.41 Å². The van der Waals surface area contributed by atoms with Crippen molar-refractivity contribution in [3.05, 3.63) is 12.1 Å². The van der Waals surface area contributed by atoms with Gasteiger partial charge < -0.3 is 15.4 Å². The molecule has 100 valence electrons. The molecule has 2 heterocycles. The Labute approximate surface area is 109 Å². The van der Waals surface area contributed by atoms with Crippen LogP contribution in [-0.2, 0) is 0 Å². The van der Waals surface area contributed by atoms with E-state index in [0.29, 0.717) is 17.0 Å². The molecule has 1 saturated heterocycles. The zero-order chi connectivity index (χ0) is 13.2. The fourth-order valence-electron chi connectivity index (χ4n) is 2.43. The summed E-state index contributed by atoms with van der Waals surface area (Å²) in [5.41, 5.74) is 6.83. The summed E-state index contributed by atoms with van der Waals surface area (Å²) in [6.45, 7) is 6.79. The lowest BCUT2D eigenvalue weighted by Gasteiger charge is -2.24. The van der Waals surface area contributed by atoms with E-state index in [1.807, 2.05) is 12.1 Å². The summed E-state index contributed by atoms with van der Waals surface area (Å²) in [4.78, 5) is 6.81. The van der Waals surface area contributed by atoms with Crippen molar-refractivity contribution in [1.29, 1.82) is 0 Å². The standard InChI is InChI=1S/C14H23N3O/c1-14(2)7-4-9-17(10-8-14)12-6-5-11(15)13(16-12)18-3/h5-6H,4,7-10,15H2,1-3H3. The molecule has 1 aromatic heterocycles. The lowest BCUT2D eigenvalue weighted by atomic mass is 9.85. The van der Waals surface area contributed by atoms with Crippen LogP contribution in [0.4, 0.5) is 11.5 Å². The first-order chi connectivity index (χ1) is 8.52. The number of nitrogens with two attached hydrogens (primary N) is 1. The molecule has 18 heavy (non-hydrogen) atoms. The van der Waals surface area contributed by atoms with Gasteiger partial charge >= 0.3 is 0 Å². The van der Waals surface area contributed by atoms with Crippen LogP contribution in [0.15, 0.2) is 12.1 Å². The van der Waals surface area contributed by atoms with Crippen LogP contribution in [0.3, 0.4) is 0 Å². The fourth-order valence-corrected chi connectivity index (χ4v) is 2.43. The highest BCUT2D eigenvalue weighted by Crippen LogP contribution is 2.32. The third kappa shape index (κ3) is 2.86. The minimum atomic E-state index is 0.437. The van der Waals surface area contributed by atoms with Crippen molar-refractivity contribution < 1.29 is 4.74 Å². The zero-order valence-electron chi connectivity index (χ0n) is 11.6. The second-order valence-corrected chi connectivity index (χ2v) is 5.77. The van der Waals surface area contributed by atoms with Gasteiger partial charge in [-0.15, -0.1) is 0 Å². The minimum Gasteiger partial charge on any atom is -0.479 e. The van der Waals surface area contributed by atoms with Gasteiger partial charge in [0.15, 0.2) is 0 Å². The summed E-state index contributed by atoms with van der Waals surface area (Å²) < 4.78 is 5.19. The third-order valence-corrected chi connectivity index (χ3v) is 3.73. The molecule has 0 atom stereocenters. The molecule has 0 spiro atoms. The minimum absolute atomic E-state index is 0.437.